The molecule has 2 aromatic carbocycles. The number of rotatable bonds is 4. The van der Waals surface area contributed by atoms with E-state index in [1.54, 1.807) is 30.3 Å². The van der Waals surface area contributed by atoms with Crippen molar-refractivity contribution < 1.29 is 22.4 Å². The number of nitrogens with one attached hydrogen (secondary N) is 1. The third kappa shape index (κ3) is 4.27. The highest BCUT2D eigenvalue weighted by Crippen LogP contribution is 2.26. The van der Waals surface area contributed by atoms with E-state index in [1.165, 1.54) is 35.0 Å². The molecule has 134 valence electrons. The summed E-state index contributed by atoms with van der Waals surface area (Å²) in [5.74, 6) is -1.75. The van der Waals surface area contributed by atoms with E-state index in [2.05, 4.69) is 10.4 Å². The van der Waals surface area contributed by atoms with Gasteiger partial charge in [-0.3, -0.25) is 4.79 Å². The molecule has 1 amide bonds. The lowest BCUT2D eigenvalue weighted by Crippen LogP contribution is -2.22. The van der Waals surface area contributed by atoms with Gasteiger partial charge in [0.1, 0.15) is 18.1 Å². The number of hydrogen-bond donors (Lipinski definition) is 1. The van der Waals surface area contributed by atoms with Gasteiger partial charge in [-0.2, -0.15) is 18.3 Å². The molecule has 1 aromatic heterocycles. The summed E-state index contributed by atoms with van der Waals surface area (Å²) in [6.45, 7) is 0. The summed E-state index contributed by atoms with van der Waals surface area (Å²) in [6.07, 6.45) is -6.25. The number of anilines is 1. The number of hydrogen-bond acceptors (Lipinski definition) is 2. The molecule has 0 saturated carbocycles. The zero-order valence-corrected chi connectivity index (χ0v) is 13.3. The minimum atomic E-state index is -4.63. The van der Waals surface area contributed by atoms with Crippen LogP contribution in [-0.2, 0) is 4.79 Å². The maximum atomic E-state index is 13.5. The lowest BCUT2D eigenvalue weighted by atomic mass is 10.1. The van der Waals surface area contributed by atoms with Gasteiger partial charge in [0.25, 0.3) is 0 Å². The molecule has 3 aromatic rings. The third-order valence-corrected chi connectivity index (χ3v) is 3.46. The first-order chi connectivity index (χ1) is 12.3. The van der Waals surface area contributed by atoms with Gasteiger partial charge in [0.05, 0.1) is 11.4 Å². The lowest BCUT2D eigenvalue weighted by Gasteiger charge is -2.10. The fourth-order valence-corrected chi connectivity index (χ4v) is 2.39. The van der Waals surface area contributed by atoms with E-state index < -0.39 is 24.3 Å². The van der Waals surface area contributed by atoms with E-state index in [4.69, 9.17) is 0 Å². The number of carbonyl (C=O) groups is 1. The highest BCUT2D eigenvalue weighted by Gasteiger charge is 2.31. The van der Waals surface area contributed by atoms with Gasteiger partial charge in [-0.25, -0.2) is 9.07 Å². The predicted molar refractivity (Wildman–Crippen MR) is 88.3 cm³/mol. The lowest BCUT2D eigenvalue weighted by molar-refractivity contribution is -0.150. The summed E-state index contributed by atoms with van der Waals surface area (Å²) >= 11 is 0. The average Bonchev–Trinajstić information content (AvgIpc) is 2.97. The topological polar surface area (TPSA) is 46.9 Å². The molecular formula is C18H13F4N3O. The zero-order valence-electron chi connectivity index (χ0n) is 13.3. The number of aromatic nitrogens is 2. The van der Waals surface area contributed by atoms with Crippen LogP contribution in [0.15, 0.2) is 60.7 Å². The minimum Gasteiger partial charge on any atom is -0.310 e. The van der Waals surface area contributed by atoms with Crippen molar-refractivity contribution in [2.75, 3.05) is 5.32 Å². The molecular weight excluding hydrogens is 350 g/mol. The van der Waals surface area contributed by atoms with E-state index in [9.17, 15) is 22.4 Å². The molecule has 0 spiro atoms. The largest absolute Gasteiger partial charge is 0.397 e. The Morgan fingerprint density at radius 2 is 1.77 bits per heavy atom. The van der Waals surface area contributed by atoms with Gasteiger partial charge in [0, 0.05) is 11.6 Å². The molecule has 0 aliphatic carbocycles. The number of halogens is 4. The average molecular weight is 363 g/mol. The summed E-state index contributed by atoms with van der Waals surface area (Å²) < 4.78 is 52.0. The van der Waals surface area contributed by atoms with Gasteiger partial charge in [0.2, 0.25) is 5.91 Å². The number of nitrogens with zero attached hydrogens (tertiary/aromatic N) is 2. The third-order valence-electron chi connectivity index (χ3n) is 3.46. The second-order valence-corrected chi connectivity index (χ2v) is 5.51. The maximum Gasteiger partial charge on any atom is 0.397 e. The van der Waals surface area contributed by atoms with E-state index in [0.717, 1.165) is 0 Å². The predicted octanol–water partition coefficient (Wildman–Crippen LogP) is 4.57. The summed E-state index contributed by atoms with van der Waals surface area (Å²) in [4.78, 5) is 11.7. The Morgan fingerprint density at radius 1 is 1.04 bits per heavy atom. The molecule has 1 heterocycles. The van der Waals surface area contributed by atoms with Gasteiger partial charge in [-0.15, -0.1) is 0 Å². The number of amides is 1. The van der Waals surface area contributed by atoms with E-state index >= 15 is 0 Å². The monoisotopic (exact) mass is 363 g/mol. The highest BCUT2D eigenvalue weighted by atomic mass is 19.4. The van der Waals surface area contributed by atoms with Crippen LogP contribution in [0.1, 0.15) is 6.42 Å². The fraction of sp³-hybridized carbons (Fsp3) is 0.111. The SMILES string of the molecule is O=C(CC(F)(F)F)Nc1cc(-c2ccccc2)nn1-c1cccc(F)c1. The summed E-state index contributed by atoms with van der Waals surface area (Å²) in [6, 6.07) is 15.7. The first-order valence-electron chi connectivity index (χ1n) is 7.60. The normalized spacial score (nSPS) is 11.4. The van der Waals surface area contributed by atoms with Crippen LogP contribution in [0, 0.1) is 5.82 Å². The molecule has 0 aliphatic heterocycles. The van der Waals surface area contributed by atoms with E-state index in [-0.39, 0.29) is 11.5 Å². The van der Waals surface area contributed by atoms with Crippen LogP contribution in [0.3, 0.4) is 0 Å². The molecule has 0 bridgehead atoms. The van der Waals surface area contributed by atoms with Gasteiger partial charge >= 0.3 is 6.18 Å². The van der Waals surface area contributed by atoms with Crippen molar-refractivity contribution in [3.8, 4) is 16.9 Å². The van der Waals surface area contributed by atoms with Gasteiger partial charge in [-0.1, -0.05) is 36.4 Å². The minimum absolute atomic E-state index is 0.0173. The number of alkyl halides is 3. The van der Waals surface area contributed by atoms with Gasteiger partial charge in [-0.05, 0) is 18.2 Å². The van der Waals surface area contributed by atoms with Crippen LogP contribution in [0.2, 0.25) is 0 Å². The molecule has 26 heavy (non-hydrogen) atoms. The second kappa shape index (κ2) is 6.99. The standard InChI is InChI=1S/C18H13F4N3O/c19-13-7-4-8-14(9-13)25-16(23-17(26)11-18(20,21)22)10-15(24-25)12-5-2-1-3-6-12/h1-10H,11H2,(H,23,26). The van der Waals surface area contributed by atoms with Crippen molar-refractivity contribution in [1.82, 2.24) is 9.78 Å². The van der Waals surface area contributed by atoms with E-state index in [0.29, 0.717) is 11.3 Å². The van der Waals surface area contributed by atoms with Crippen molar-refractivity contribution in [1.29, 1.82) is 0 Å². The first-order valence-corrected chi connectivity index (χ1v) is 7.60. The molecule has 0 radical (unpaired) electrons. The van der Waals surface area contributed by atoms with Crippen LogP contribution in [0.4, 0.5) is 23.4 Å². The molecule has 0 atom stereocenters. The molecule has 1 N–H and O–H groups in total. The summed E-state index contributed by atoms with van der Waals surface area (Å²) in [7, 11) is 0. The Hall–Kier alpha value is -3.16. The van der Waals surface area contributed by atoms with Crippen LogP contribution in [-0.4, -0.2) is 21.9 Å². The Labute approximate surface area is 146 Å². The molecule has 3 rings (SSSR count). The van der Waals surface area contributed by atoms with Crippen molar-refractivity contribution in [3.63, 3.8) is 0 Å². The van der Waals surface area contributed by atoms with Gasteiger partial charge in [0.15, 0.2) is 0 Å². The van der Waals surface area contributed by atoms with E-state index in [1.807, 2.05) is 0 Å². The molecule has 8 heteroatoms. The van der Waals surface area contributed by atoms with Crippen LogP contribution >= 0.6 is 0 Å². The summed E-state index contributed by atoms with van der Waals surface area (Å²) in [5.41, 5.74) is 1.40. The second-order valence-electron chi connectivity index (χ2n) is 5.51. The van der Waals surface area contributed by atoms with Crippen LogP contribution in [0.5, 0.6) is 0 Å². The zero-order chi connectivity index (χ0) is 18.7. The number of benzene rings is 2. The van der Waals surface area contributed by atoms with Crippen LogP contribution < -0.4 is 5.32 Å². The van der Waals surface area contributed by atoms with Crippen molar-refractivity contribution in [3.05, 3.63) is 66.5 Å². The molecule has 0 saturated heterocycles. The Balaban J connectivity index is 2.01. The smallest absolute Gasteiger partial charge is 0.310 e. The van der Waals surface area contributed by atoms with Crippen LogP contribution in [0.25, 0.3) is 16.9 Å². The number of carbonyl (C=O) groups excluding carboxylic acids is 1. The molecule has 0 aliphatic rings. The molecule has 0 unspecified atom stereocenters. The van der Waals surface area contributed by atoms with Gasteiger partial charge < -0.3 is 5.32 Å². The molecule has 0 fully saturated rings. The highest BCUT2D eigenvalue weighted by molar-refractivity contribution is 5.91. The quantitative estimate of drug-likeness (QED) is 0.691. The fourth-order valence-electron chi connectivity index (χ4n) is 2.39. The van der Waals surface area contributed by atoms with Crippen molar-refractivity contribution in [2.45, 2.75) is 12.6 Å². The first kappa shape index (κ1) is 17.7. The van der Waals surface area contributed by atoms with Crippen molar-refractivity contribution >= 4 is 11.7 Å². The maximum absolute atomic E-state index is 13.5. The Kier molecular flexibility index (Phi) is 4.75. The Bertz CT molecular complexity index is 920. The molecule has 4 nitrogen and oxygen atoms in total. The summed E-state index contributed by atoms with van der Waals surface area (Å²) in [5, 5.41) is 6.49. The van der Waals surface area contributed by atoms with Crippen molar-refractivity contribution in [2.24, 2.45) is 0 Å². The Morgan fingerprint density at radius 3 is 2.42 bits per heavy atom.